The lowest BCUT2D eigenvalue weighted by molar-refractivity contribution is -0.139. The molecule has 0 fully saturated rings. The number of halogens is 3. The molecule has 0 N–H and O–H groups in total. The third-order valence-corrected chi connectivity index (χ3v) is 2.74. The van der Waals surface area contributed by atoms with Gasteiger partial charge in [-0.3, -0.25) is 4.79 Å². The van der Waals surface area contributed by atoms with Crippen molar-refractivity contribution < 1.29 is 18.3 Å². The Morgan fingerprint density at radius 3 is 2.69 bits per heavy atom. The van der Waals surface area contributed by atoms with Crippen LogP contribution in [0.15, 0.2) is 10.7 Å². The van der Waals surface area contributed by atoms with Crippen LogP contribution in [0.25, 0.3) is 0 Å². The molecule has 0 aliphatic rings. The Bertz CT molecular complexity index is 387. The first-order valence-corrected chi connectivity index (χ1v) is 5.26. The van der Waals surface area contributed by atoms with E-state index in [0.29, 0.717) is 11.1 Å². The van der Waals surface area contributed by atoms with Crippen molar-refractivity contribution in [1.82, 2.24) is 4.98 Å². The van der Waals surface area contributed by atoms with Crippen LogP contribution in [-0.4, -0.2) is 18.1 Å². The molecule has 0 amide bonds. The summed E-state index contributed by atoms with van der Waals surface area (Å²) in [5.41, 5.74) is 0.844. The van der Waals surface area contributed by atoms with Gasteiger partial charge in [-0.25, -0.2) is 13.8 Å². The van der Waals surface area contributed by atoms with E-state index in [1.807, 2.05) is 0 Å². The normalized spacial score (nSPS) is 10.6. The molecule has 0 saturated heterocycles. The molecule has 0 aliphatic carbocycles. The van der Waals surface area contributed by atoms with Gasteiger partial charge in [-0.2, -0.15) is 0 Å². The van der Waals surface area contributed by atoms with Gasteiger partial charge >= 0.3 is 5.97 Å². The molecule has 0 aromatic carbocycles. The molecular formula is C10H10BrF2NO2. The number of aryl methyl sites for hydroxylation is 1. The predicted molar refractivity (Wildman–Crippen MR) is 57.4 cm³/mol. The number of rotatable bonds is 3. The molecule has 0 radical (unpaired) electrons. The monoisotopic (exact) mass is 293 g/mol. The maximum absolute atomic E-state index is 12.4. The number of aromatic nitrogens is 1. The van der Waals surface area contributed by atoms with Crippen molar-refractivity contribution >= 4 is 21.9 Å². The second kappa shape index (κ2) is 5.34. The molecule has 16 heavy (non-hydrogen) atoms. The molecule has 88 valence electrons. The van der Waals surface area contributed by atoms with Crippen molar-refractivity contribution in [2.24, 2.45) is 0 Å². The van der Waals surface area contributed by atoms with Gasteiger partial charge in [-0.15, -0.1) is 0 Å². The van der Waals surface area contributed by atoms with Gasteiger partial charge in [0.1, 0.15) is 10.3 Å². The third-order valence-electron chi connectivity index (χ3n) is 2.09. The van der Waals surface area contributed by atoms with Gasteiger partial charge in [-0.1, -0.05) is 0 Å². The number of carbonyl (C=O) groups excluding carboxylic acids is 1. The van der Waals surface area contributed by atoms with Crippen LogP contribution in [0.3, 0.4) is 0 Å². The van der Waals surface area contributed by atoms with Gasteiger partial charge in [0.05, 0.1) is 13.5 Å². The lowest BCUT2D eigenvalue weighted by atomic mass is 10.1. The number of carbonyl (C=O) groups is 1. The lowest BCUT2D eigenvalue weighted by Crippen LogP contribution is -2.08. The zero-order valence-electron chi connectivity index (χ0n) is 8.76. The number of hydrogen-bond donors (Lipinski definition) is 0. The van der Waals surface area contributed by atoms with Crippen LogP contribution < -0.4 is 0 Å². The second-order valence-electron chi connectivity index (χ2n) is 3.19. The molecular weight excluding hydrogens is 284 g/mol. The van der Waals surface area contributed by atoms with Gasteiger partial charge in [0.15, 0.2) is 0 Å². The molecule has 0 saturated carbocycles. The summed E-state index contributed by atoms with van der Waals surface area (Å²) in [4.78, 5) is 14.8. The Morgan fingerprint density at radius 1 is 1.62 bits per heavy atom. The summed E-state index contributed by atoms with van der Waals surface area (Å²) in [6, 6.07) is 1.27. The van der Waals surface area contributed by atoms with E-state index in [-0.39, 0.29) is 16.7 Å². The van der Waals surface area contributed by atoms with E-state index in [2.05, 4.69) is 25.7 Å². The fraction of sp³-hybridized carbons (Fsp3) is 0.400. The molecule has 0 bridgehead atoms. The summed E-state index contributed by atoms with van der Waals surface area (Å²) < 4.78 is 29.6. The molecule has 1 aromatic heterocycles. The van der Waals surface area contributed by atoms with Crippen LogP contribution in [0, 0.1) is 6.92 Å². The highest BCUT2D eigenvalue weighted by Gasteiger charge is 2.16. The number of alkyl halides is 2. The number of hydrogen-bond acceptors (Lipinski definition) is 3. The topological polar surface area (TPSA) is 39.2 Å². The molecule has 3 nitrogen and oxygen atoms in total. The first-order chi connectivity index (χ1) is 7.45. The average Bonchev–Trinajstić information content (AvgIpc) is 2.22. The zero-order valence-corrected chi connectivity index (χ0v) is 10.3. The average molecular weight is 294 g/mol. The minimum absolute atomic E-state index is 0.0133. The summed E-state index contributed by atoms with van der Waals surface area (Å²) in [7, 11) is 1.27. The highest BCUT2D eigenvalue weighted by atomic mass is 79.9. The number of esters is 1. The van der Waals surface area contributed by atoms with Crippen molar-refractivity contribution in [3.8, 4) is 0 Å². The van der Waals surface area contributed by atoms with E-state index in [1.165, 1.54) is 13.2 Å². The summed E-state index contributed by atoms with van der Waals surface area (Å²) in [6.45, 7) is 1.65. The fourth-order valence-electron chi connectivity index (χ4n) is 1.23. The first-order valence-electron chi connectivity index (χ1n) is 4.46. The van der Waals surface area contributed by atoms with Gasteiger partial charge in [0.25, 0.3) is 6.43 Å². The standard InChI is InChI=1S/C10H10BrF2NO2/c1-5-3-7(10(12)13)14-9(11)6(5)4-8(15)16-2/h3,10H,4H2,1-2H3. The molecule has 1 aromatic rings. The van der Waals surface area contributed by atoms with Crippen LogP contribution in [0.1, 0.15) is 23.2 Å². The van der Waals surface area contributed by atoms with Crippen molar-refractivity contribution in [3.05, 3.63) is 27.5 Å². The molecule has 1 heterocycles. The van der Waals surface area contributed by atoms with Crippen molar-refractivity contribution in [3.63, 3.8) is 0 Å². The molecule has 1 rings (SSSR count). The van der Waals surface area contributed by atoms with Gasteiger partial charge in [0, 0.05) is 0 Å². The molecule has 0 spiro atoms. The second-order valence-corrected chi connectivity index (χ2v) is 3.94. The number of pyridine rings is 1. The molecule has 6 heteroatoms. The lowest BCUT2D eigenvalue weighted by Gasteiger charge is -2.09. The van der Waals surface area contributed by atoms with E-state index in [0.717, 1.165) is 0 Å². The Morgan fingerprint density at radius 2 is 2.25 bits per heavy atom. The maximum atomic E-state index is 12.4. The van der Waals surface area contributed by atoms with Crippen LogP contribution in [0.5, 0.6) is 0 Å². The summed E-state index contributed by atoms with van der Waals surface area (Å²) in [5, 5.41) is 0. The first kappa shape index (κ1) is 13.0. The maximum Gasteiger partial charge on any atom is 0.310 e. The van der Waals surface area contributed by atoms with Crippen LogP contribution >= 0.6 is 15.9 Å². The van der Waals surface area contributed by atoms with Gasteiger partial charge < -0.3 is 4.74 Å². The van der Waals surface area contributed by atoms with E-state index in [4.69, 9.17) is 0 Å². The zero-order chi connectivity index (χ0) is 12.3. The van der Waals surface area contributed by atoms with E-state index in [9.17, 15) is 13.6 Å². The fourth-order valence-corrected chi connectivity index (χ4v) is 1.88. The van der Waals surface area contributed by atoms with Crippen molar-refractivity contribution in [2.75, 3.05) is 7.11 Å². The van der Waals surface area contributed by atoms with Crippen LogP contribution in [0.4, 0.5) is 8.78 Å². The van der Waals surface area contributed by atoms with Crippen molar-refractivity contribution in [2.45, 2.75) is 19.8 Å². The summed E-state index contributed by atoms with van der Waals surface area (Å²) >= 11 is 3.07. The highest BCUT2D eigenvalue weighted by molar-refractivity contribution is 9.10. The van der Waals surface area contributed by atoms with E-state index >= 15 is 0 Å². The Balaban J connectivity index is 3.07. The summed E-state index contributed by atoms with van der Waals surface area (Å²) in [5.74, 6) is -0.435. The quantitative estimate of drug-likeness (QED) is 0.635. The van der Waals surface area contributed by atoms with Gasteiger partial charge in [-0.05, 0) is 40.0 Å². The minimum Gasteiger partial charge on any atom is -0.469 e. The molecule has 0 aliphatic heterocycles. The van der Waals surface area contributed by atoms with Crippen molar-refractivity contribution in [1.29, 1.82) is 0 Å². The highest BCUT2D eigenvalue weighted by Crippen LogP contribution is 2.25. The summed E-state index contributed by atoms with van der Waals surface area (Å²) in [6.07, 6.45) is -2.61. The Kier molecular flexibility index (Phi) is 4.35. The Labute approximate surface area is 99.9 Å². The van der Waals surface area contributed by atoms with Crippen LogP contribution in [-0.2, 0) is 16.0 Å². The number of nitrogens with zero attached hydrogens (tertiary/aromatic N) is 1. The Hall–Kier alpha value is -1.04. The molecule has 0 atom stereocenters. The smallest absolute Gasteiger partial charge is 0.310 e. The van der Waals surface area contributed by atoms with E-state index < -0.39 is 12.4 Å². The van der Waals surface area contributed by atoms with Gasteiger partial charge in [0.2, 0.25) is 0 Å². The third kappa shape index (κ3) is 2.98. The molecule has 0 unspecified atom stereocenters. The number of ether oxygens (including phenoxy) is 1. The minimum atomic E-state index is -2.62. The number of methoxy groups -OCH3 is 1. The predicted octanol–water partition coefficient (Wildman–Crippen LogP) is 2.81. The van der Waals surface area contributed by atoms with Crippen LogP contribution in [0.2, 0.25) is 0 Å². The largest absolute Gasteiger partial charge is 0.469 e. The SMILES string of the molecule is COC(=O)Cc1c(C)cc(C(F)F)nc1Br. The van der Waals surface area contributed by atoms with E-state index in [1.54, 1.807) is 6.92 Å².